The number of carbonyl (C=O) groups excluding carboxylic acids is 1. The number of rotatable bonds is 7. The number of halogens is 3. The lowest BCUT2D eigenvalue weighted by Crippen LogP contribution is -2.48. The van der Waals surface area contributed by atoms with Crippen molar-refractivity contribution in [2.24, 2.45) is 0 Å². The topological polar surface area (TPSA) is 82.6 Å². The number of hydrogen-bond acceptors (Lipinski definition) is 7. The Morgan fingerprint density at radius 3 is 2.44 bits per heavy atom. The third-order valence-corrected chi connectivity index (χ3v) is 8.43. The summed E-state index contributed by atoms with van der Waals surface area (Å²) in [6.45, 7) is 5.62. The minimum Gasteiger partial charge on any atom is -0.351 e. The van der Waals surface area contributed by atoms with Crippen LogP contribution in [0.2, 0.25) is 0 Å². The average molecular weight is 531 g/mol. The van der Waals surface area contributed by atoms with E-state index < -0.39 is 21.5 Å². The van der Waals surface area contributed by atoms with Gasteiger partial charge in [-0.15, -0.1) is 12.4 Å². The standard InChI is InChI=1S/C22H24F2N4O3S2.ClH/c1-2-33(30,31)17-5-3-15(4-6-17)21(29)25-7-8-27-9-11-28(12-10-27)22-26-20-18(24)13-16(23)14-19(20)32-22;/h3-6,13-14H,2,7-12H2,1H3,(H,25,29);1H. The van der Waals surface area contributed by atoms with E-state index in [0.29, 0.717) is 41.6 Å². The number of amides is 1. The number of nitrogens with one attached hydrogen (secondary N) is 1. The lowest BCUT2D eigenvalue weighted by atomic mass is 10.2. The molecule has 0 unspecified atom stereocenters. The van der Waals surface area contributed by atoms with Gasteiger partial charge in [0.05, 0.1) is 15.3 Å². The minimum atomic E-state index is -3.29. The Morgan fingerprint density at radius 2 is 1.79 bits per heavy atom. The number of sulfone groups is 1. The molecule has 4 rings (SSSR count). The molecule has 0 bridgehead atoms. The van der Waals surface area contributed by atoms with Gasteiger partial charge in [-0.2, -0.15) is 0 Å². The first-order valence-corrected chi connectivity index (χ1v) is 13.1. The predicted molar refractivity (Wildman–Crippen MR) is 132 cm³/mol. The SMILES string of the molecule is CCS(=O)(=O)c1ccc(C(=O)NCCN2CCN(c3nc4c(F)cc(F)cc4s3)CC2)cc1.Cl. The molecule has 0 saturated carbocycles. The first-order chi connectivity index (χ1) is 15.8. The van der Waals surface area contributed by atoms with E-state index in [-0.39, 0.29) is 34.5 Å². The Balaban J connectivity index is 0.00000324. The number of carbonyl (C=O) groups is 1. The highest BCUT2D eigenvalue weighted by molar-refractivity contribution is 7.91. The number of aromatic nitrogens is 1. The van der Waals surface area contributed by atoms with Crippen LogP contribution in [0.15, 0.2) is 41.3 Å². The maximum atomic E-state index is 13.9. The van der Waals surface area contributed by atoms with E-state index in [0.717, 1.165) is 19.2 Å². The fourth-order valence-corrected chi connectivity index (χ4v) is 5.59. The van der Waals surface area contributed by atoms with Crippen molar-refractivity contribution in [3.8, 4) is 0 Å². The number of benzene rings is 2. The summed E-state index contributed by atoms with van der Waals surface area (Å²) in [6, 6.07) is 8.09. The van der Waals surface area contributed by atoms with Gasteiger partial charge in [-0.1, -0.05) is 18.3 Å². The van der Waals surface area contributed by atoms with E-state index in [1.165, 1.54) is 41.7 Å². The highest BCUT2D eigenvalue weighted by atomic mass is 35.5. The number of hydrogen-bond donors (Lipinski definition) is 1. The highest BCUT2D eigenvalue weighted by Crippen LogP contribution is 2.31. The van der Waals surface area contributed by atoms with Crippen LogP contribution in [-0.4, -0.2) is 69.2 Å². The molecule has 1 N–H and O–H groups in total. The molecule has 1 aliphatic heterocycles. The van der Waals surface area contributed by atoms with Crippen molar-refractivity contribution in [2.45, 2.75) is 11.8 Å². The Labute approximate surface area is 207 Å². The molecule has 0 spiro atoms. The van der Waals surface area contributed by atoms with E-state index in [4.69, 9.17) is 0 Å². The summed E-state index contributed by atoms with van der Waals surface area (Å²) < 4.78 is 51.6. The molecular weight excluding hydrogens is 506 g/mol. The van der Waals surface area contributed by atoms with Crippen molar-refractivity contribution < 1.29 is 22.0 Å². The second-order valence-electron chi connectivity index (χ2n) is 7.74. The second-order valence-corrected chi connectivity index (χ2v) is 11.0. The summed E-state index contributed by atoms with van der Waals surface area (Å²) in [7, 11) is -3.29. The molecule has 184 valence electrons. The lowest BCUT2D eigenvalue weighted by Gasteiger charge is -2.34. The zero-order valence-corrected chi connectivity index (χ0v) is 20.9. The molecule has 12 heteroatoms. The van der Waals surface area contributed by atoms with E-state index in [1.807, 2.05) is 0 Å². The Bertz CT molecular complexity index is 1260. The maximum Gasteiger partial charge on any atom is 0.251 e. The van der Waals surface area contributed by atoms with Crippen LogP contribution in [0.4, 0.5) is 13.9 Å². The van der Waals surface area contributed by atoms with Gasteiger partial charge >= 0.3 is 0 Å². The Hall–Kier alpha value is -2.34. The summed E-state index contributed by atoms with van der Waals surface area (Å²) >= 11 is 1.28. The summed E-state index contributed by atoms with van der Waals surface area (Å²) in [5, 5.41) is 3.54. The van der Waals surface area contributed by atoms with Gasteiger partial charge in [0.1, 0.15) is 11.3 Å². The van der Waals surface area contributed by atoms with Gasteiger partial charge in [0.15, 0.2) is 20.8 Å². The zero-order chi connectivity index (χ0) is 23.6. The summed E-state index contributed by atoms with van der Waals surface area (Å²) in [4.78, 5) is 21.2. The molecule has 1 fully saturated rings. The number of thiazole rings is 1. The maximum absolute atomic E-state index is 13.9. The molecule has 1 amide bonds. The summed E-state index contributed by atoms with van der Waals surface area (Å²) in [5.41, 5.74) is 0.608. The number of fused-ring (bicyclic) bond motifs is 1. The van der Waals surface area contributed by atoms with Crippen molar-refractivity contribution in [2.75, 3.05) is 49.9 Å². The number of piperazine rings is 1. The molecule has 1 saturated heterocycles. The van der Waals surface area contributed by atoms with E-state index in [2.05, 4.69) is 20.1 Å². The van der Waals surface area contributed by atoms with Crippen LogP contribution < -0.4 is 10.2 Å². The van der Waals surface area contributed by atoms with Gasteiger partial charge in [-0.3, -0.25) is 9.69 Å². The van der Waals surface area contributed by atoms with Crippen molar-refractivity contribution in [1.82, 2.24) is 15.2 Å². The molecule has 2 aromatic carbocycles. The van der Waals surface area contributed by atoms with Gasteiger partial charge in [0, 0.05) is 50.9 Å². The number of nitrogens with zero attached hydrogens (tertiary/aromatic N) is 3. The van der Waals surface area contributed by atoms with Gasteiger partial charge in [-0.05, 0) is 30.3 Å². The quantitative estimate of drug-likeness (QED) is 0.504. The van der Waals surface area contributed by atoms with Crippen molar-refractivity contribution in [3.05, 3.63) is 53.6 Å². The van der Waals surface area contributed by atoms with Crippen molar-refractivity contribution in [3.63, 3.8) is 0 Å². The fourth-order valence-electron chi connectivity index (χ4n) is 3.65. The van der Waals surface area contributed by atoms with Gasteiger partial charge in [-0.25, -0.2) is 22.2 Å². The Morgan fingerprint density at radius 1 is 1.12 bits per heavy atom. The largest absolute Gasteiger partial charge is 0.351 e. The van der Waals surface area contributed by atoms with E-state index in [1.54, 1.807) is 6.92 Å². The second kappa shape index (κ2) is 10.9. The minimum absolute atomic E-state index is 0. The van der Waals surface area contributed by atoms with Crippen molar-refractivity contribution >= 4 is 54.8 Å². The normalized spacial score (nSPS) is 14.7. The lowest BCUT2D eigenvalue weighted by molar-refractivity contribution is 0.0947. The van der Waals surface area contributed by atoms with Crippen LogP contribution >= 0.6 is 23.7 Å². The third-order valence-electron chi connectivity index (χ3n) is 5.61. The Kier molecular flexibility index (Phi) is 8.45. The molecule has 1 aromatic heterocycles. The van der Waals surface area contributed by atoms with Crippen LogP contribution in [0.25, 0.3) is 10.2 Å². The molecule has 34 heavy (non-hydrogen) atoms. The van der Waals surface area contributed by atoms with Crippen LogP contribution in [0, 0.1) is 11.6 Å². The molecular formula is C22H25ClF2N4O3S2. The summed E-state index contributed by atoms with van der Waals surface area (Å²) in [6.07, 6.45) is 0. The van der Waals surface area contributed by atoms with Crippen molar-refractivity contribution in [1.29, 1.82) is 0 Å². The first kappa shape index (κ1) is 26.3. The molecule has 0 aliphatic carbocycles. The molecule has 0 atom stereocenters. The third kappa shape index (κ3) is 5.83. The highest BCUT2D eigenvalue weighted by Gasteiger charge is 2.21. The number of anilines is 1. The zero-order valence-electron chi connectivity index (χ0n) is 18.5. The monoisotopic (exact) mass is 530 g/mol. The van der Waals surface area contributed by atoms with Gasteiger partial charge < -0.3 is 10.2 Å². The molecule has 2 heterocycles. The van der Waals surface area contributed by atoms with Gasteiger partial charge in [0.2, 0.25) is 0 Å². The van der Waals surface area contributed by atoms with Crippen LogP contribution in [0.5, 0.6) is 0 Å². The van der Waals surface area contributed by atoms with Crippen LogP contribution in [0.3, 0.4) is 0 Å². The molecule has 0 radical (unpaired) electrons. The van der Waals surface area contributed by atoms with Crippen LogP contribution in [-0.2, 0) is 9.84 Å². The molecule has 1 aliphatic rings. The molecule has 7 nitrogen and oxygen atoms in total. The van der Waals surface area contributed by atoms with E-state index in [9.17, 15) is 22.0 Å². The fraction of sp³-hybridized carbons (Fsp3) is 0.364. The first-order valence-electron chi connectivity index (χ1n) is 10.6. The van der Waals surface area contributed by atoms with Crippen LogP contribution in [0.1, 0.15) is 17.3 Å². The average Bonchev–Trinajstić information content (AvgIpc) is 3.24. The smallest absolute Gasteiger partial charge is 0.251 e. The predicted octanol–water partition coefficient (Wildman–Crippen LogP) is 3.34. The summed E-state index contributed by atoms with van der Waals surface area (Å²) in [5.74, 6) is -1.49. The molecule has 3 aromatic rings. The van der Waals surface area contributed by atoms with E-state index >= 15 is 0 Å². The van der Waals surface area contributed by atoms with Gasteiger partial charge in [0.25, 0.3) is 5.91 Å².